The SMILES string of the molecule is CCCNC(c1cc(Cl)sc1Cl)C(CC)c1ccccc1. The van der Waals surface area contributed by atoms with Gasteiger partial charge in [-0.05, 0) is 31.0 Å². The lowest BCUT2D eigenvalue weighted by Crippen LogP contribution is -2.27. The van der Waals surface area contributed by atoms with E-state index in [0.717, 1.165) is 33.6 Å². The molecule has 1 N–H and O–H groups in total. The second-order valence-corrected chi connectivity index (χ2v) is 7.42. The van der Waals surface area contributed by atoms with E-state index >= 15 is 0 Å². The first-order valence-electron chi connectivity index (χ1n) is 7.40. The third-order valence-corrected chi connectivity index (χ3v) is 5.22. The minimum absolute atomic E-state index is 0.202. The Morgan fingerprint density at radius 2 is 1.86 bits per heavy atom. The normalized spacial score (nSPS) is 14.1. The van der Waals surface area contributed by atoms with Crippen molar-refractivity contribution >= 4 is 34.5 Å². The largest absolute Gasteiger partial charge is 0.309 e. The number of nitrogens with one attached hydrogen (secondary N) is 1. The Morgan fingerprint density at radius 3 is 2.38 bits per heavy atom. The molecule has 2 atom stereocenters. The topological polar surface area (TPSA) is 12.0 Å². The van der Waals surface area contributed by atoms with Gasteiger partial charge in [0.1, 0.15) is 0 Å². The zero-order valence-electron chi connectivity index (χ0n) is 12.4. The van der Waals surface area contributed by atoms with Crippen LogP contribution >= 0.6 is 34.5 Å². The maximum Gasteiger partial charge on any atom is 0.0992 e. The summed E-state index contributed by atoms with van der Waals surface area (Å²) in [6.07, 6.45) is 2.15. The lowest BCUT2D eigenvalue weighted by Gasteiger charge is -2.28. The summed E-state index contributed by atoms with van der Waals surface area (Å²) in [5.41, 5.74) is 2.46. The van der Waals surface area contributed by atoms with Crippen molar-refractivity contribution in [3.63, 3.8) is 0 Å². The summed E-state index contributed by atoms with van der Waals surface area (Å²) in [5.74, 6) is 0.390. The third kappa shape index (κ3) is 4.23. The van der Waals surface area contributed by atoms with Crippen LogP contribution in [0.5, 0.6) is 0 Å². The van der Waals surface area contributed by atoms with Crippen LogP contribution in [0.4, 0.5) is 0 Å². The van der Waals surface area contributed by atoms with Crippen LogP contribution in [0.25, 0.3) is 0 Å². The molecule has 0 spiro atoms. The first-order chi connectivity index (χ1) is 10.2. The molecule has 0 saturated carbocycles. The van der Waals surface area contributed by atoms with Gasteiger partial charge in [0.25, 0.3) is 0 Å². The zero-order valence-corrected chi connectivity index (χ0v) is 14.7. The molecule has 0 amide bonds. The quantitative estimate of drug-likeness (QED) is 0.623. The average Bonchev–Trinajstić information content (AvgIpc) is 2.83. The molecule has 1 nitrogen and oxygen atoms in total. The lowest BCUT2D eigenvalue weighted by atomic mass is 9.86. The van der Waals surface area contributed by atoms with Gasteiger partial charge in [0.15, 0.2) is 0 Å². The van der Waals surface area contributed by atoms with Gasteiger partial charge in [0.05, 0.1) is 8.67 Å². The Kier molecular flexibility index (Phi) is 6.56. The summed E-state index contributed by atoms with van der Waals surface area (Å²) in [6.45, 7) is 5.37. The molecule has 0 fully saturated rings. The maximum absolute atomic E-state index is 6.40. The Morgan fingerprint density at radius 1 is 1.14 bits per heavy atom. The molecular weight excluding hydrogens is 321 g/mol. The molecule has 1 aromatic heterocycles. The number of thiophene rings is 1. The van der Waals surface area contributed by atoms with Crippen molar-refractivity contribution < 1.29 is 0 Å². The predicted octanol–water partition coefficient (Wildman–Crippen LogP) is 6.29. The van der Waals surface area contributed by atoms with Crippen molar-refractivity contribution in [3.8, 4) is 0 Å². The Bertz CT molecular complexity index is 553. The first-order valence-corrected chi connectivity index (χ1v) is 8.97. The fourth-order valence-corrected chi connectivity index (χ4v) is 4.25. The third-order valence-electron chi connectivity index (χ3n) is 3.70. The van der Waals surface area contributed by atoms with Crippen molar-refractivity contribution in [2.75, 3.05) is 6.54 Å². The van der Waals surface area contributed by atoms with E-state index in [4.69, 9.17) is 23.2 Å². The summed E-state index contributed by atoms with van der Waals surface area (Å²) < 4.78 is 1.55. The smallest absolute Gasteiger partial charge is 0.0992 e. The van der Waals surface area contributed by atoms with Crippen molar-refractivity contribution in [1.82, 2.24) is 5.32 Å². The Balaban J connectivity index is 2.36. The van der Waals surface area contributed by atoms with E-state index < -0.39 is 0 Å². The molecule has 21 heavy (non-hydrogen) atoms. The number of benzene rings is 1. The highest BCUT2D eigenvalue weighted by Gasteiger charge is 2.26. The van der Waals surface area contributed by atoms with Crippen LogP contribution in [0.2, 0.25) is 8.67 Å². The standard InChI is InChI=1S/C17H21Cl2NS/c1-3-10-20-16(14-11-15(18)21-17(14)19)13(4-2)12-8-6-5-7-9-12/h5-9,11,13,16,20H,3-4,10H2,1-2H3. The van der Waals surface area contributed by atoms with Crippen LogP contribution in [-0.4, -0.2) is 6.54 Å². The van der Waals surface area contributed by atoms with E-state index in [9.17, 15) is 0 Å². The van der Waals surface area contributed by atoms with Crippen molar-refractivity contribution in [3.05, 3.63) is 56.2 Å². The molecule has 0 saturated heterocycles. The molecule has 1 aromatic carbocycles. The minimum Gasteiger partial charge on any atom is -0.309 e. The van der Waals surface area contributed by atoms with Crippen molar-refractivity contribution in [2.24, 2.45) is 0 Å². The van der Waals surface area contributed by atoms with Gasteiger partial charge >= 0.3 is 0 Å². The van der Waals surface area contributed by atoms with E-state index in [0.29, 0.717) is 5.92 Å². The van der Waals surface area contributed by atoms with Gasteiger partial charge < -0.3 is 5.32 Å². The number of hydrogen-bond acceptors (Lipinski definition) is 2. The second-order valence-electron chi connectivity index (χ2n) is 5.14. The van der Waals surface area contributed by atoms with E-state index in [2.05, 4.69) is 49.5 Å². The van der Waals surface area contributed by atoms with Crippen LogP contribution in [0.15, 0.2) is 36.4 Å². The molecule has 114 valence electrons. The minimum atomic E-state index is 0.202. The van der Waals surface area contributed by atoms with E-state index in [1.54, 1.807) is 0 Å². The summed E-state index contributed by atoms with van der Waals surface area (Å²) in [4.78, 5) is 0. The Hall–Kier alpha value is -0.540. The predicted molar refractivity (Wildman–Crippen MR) is 94.8 cm³/mol. The van der Waals surface area contributed by atoms with Gasteiger partial charge in [-0.1, -0.05) is 67.4 Å². The van der Waals surface area contributed by atoms with Gasteiger partial charge in [0, 0.05) is 17.5 Å². The highest BCUT2D eigenvalue weighted by molar-refractivity contribution is 7.20. The monoisotopic (exact) mass is 341 g/mol. The number of halogens is 2. The van der Waals surface area contributed by atoms with Gasteiger partial charge in [-0.3, -0.25) is 0 Å². The van der Waals surface area contributed by atoms with Crippen LogP contribution in [0.1, 0.15) is 49.8 Å². The second kappa shape index (κ2) is 8.19. The van der Waals surface area contributed by atoms with E-state index in [1.807, 2.05) is 6.07 Å². The van der Waals surface area contributed by atoms with Crippen LogP contribution in [0, 0.1) is 0 Å². The molecule has 2 rings (SSSR count). The summed E-state index contributed by atoms with van der Waals surface area (Å²) in [7, 11) is 0. The first kappa shape index (κ1) is 16.8. The zero-order chi connectivity index (χ0) is 15.2. The number of rotatable bonds is 7. The molecule has 2 aromatic rings. The lowest BCUT2D eigenvalue weighted by molar-refractivity contribution is 0.436. The van der Waals surface area contributed by atoms with Crippen molar-refractivity contribution in [2.45, 2.75) is 38.6 Å². The highest BCUT2D eigenvalue weighted by atomic mass is 35.5. The molecule has 0 aliphatic carbocycles. The van der Waals surface area contributed by atoms with Gasteiger partial charge in [0.2, 0.25) is 0 Å². The molecule has 0 bridgehead atoms. The maximum atomic E-state index is 6.40. The van der Waals surface area contributed by atoms with Gasteiger partial charge in [-0.15, -0.1) is 11.3 Å². The van der Waals surface area contributed by atoms with Crippen molar-refractivity contribution in [1.29, 1.82) is 0 Å². The average molecular weight is 342 g/mol. The summed E-state index contributed by atoms with van der Waals surface area (Å²) in [6, 6.07) is 12.8. The molecule has 4 heteroatoms. The van der Waals surface area contributed by atoms with Gasteiger partial charge in [-0.25, -0.2) is 0 Å². The molecule has 2 unspecified atom stereocenters. The molecule has 0 aliphatic heterocycles. The fraction of sp³-hybridized carbons (Fsp3) is 0.412. The van der Waals surface area contributed by atoms with Crippen LogP contribution in [0.3, 0.4) is 0 Å². The van der Waals surface area contributed by atoms with Crippen LogP contribution < -0.4 is 5.32 Å². The van der Waals surface area contributed by atoms with Crippen LogP contribution in [-0.2, 0) is 0 Å². The number of hydrogen-bond donors (Lipinski definition) is 1. The van der Waals surface area contributed by atoms with E-state index in [-0.39, 0.29) is 6.04 Å². The molecule has 0 aliphatic rings. The van der Waals surface area contributed by atoms with Gasteiger partial charge in [-0.2, -0.15) is 0 Å². The summed E-state index contributed by atoms with van der Waals surface area (Å²) in [5, 5.41) is 3.65. The summed E-state index contributed by atoms with van der Waals surface area (Å²) >= 11 is 14.0. The fourth-order valence-electron chi connectivity index (χ4n) is 2.70. The molecule has 1 heterocycles. The highest BCUT2D eigenvalue weighted by Crippen LogP contribution is 2.41. The van der Waals surface area contributed by atoms with E-state index in [1.165, 1.54) is 16.9 Å². The molecule has 0 radical (unpaired) electrons. The Labute approximate surface area is 141 Å². The molecular formula is C17H21Cl2NS.